The number of nitrogens with zero attached hydrogens (tertiary/aromatic N) is 2. The Morgan fingerprint density at radius 2 is 2.11 bits per heavy atom. The highest BCUT2D eigenvalue weighted by atomic mass is 127. The van der Waals surface area contributed by atoms with Crippen LogP contribution in [0, 0.1) is 10.5 Å². The van der Waals surface area contributed by atoms with Crippen molar-refractivity contribution in [3.8, 4) is 0 Å². The summed E-state index contributed by atoms with van der Waals surface area (Å²) >= 11 is 2.34. The van der Waals surface area contributed by atoms with Crippen LogP contribution in [0.5, 0.6) is 0 Å². The van der Waals surface area contributed by atoms with Crippen LogP contribution in [0.15, 0.2) is 24.4 Å². The molecule has 3 nitrogen and oxygen atoms in total. The van der Waals surface area contributed by atoms with Crippen LogP contribution in [0.25, 0.3) is 0 Å². The molecule has 0 saturated heterocycles. The average Bonchev–Trinajstić information content (AvgIpc) is 2.69. The highest BCUT2D eigenvalue weighted by molar-refractivity contribution is 14.1. The summed E-state index contributed by atoms with van der Waals surface area (Å²) < 4.78 is 3.16. The van der Waals surface area contributed by atoms with Crippen LogP contribution in [-0.4, -0.2) is 9.78 Å². The molecule has 0 aliphatic rings. The molecule has 1 aromatic carbocycles. The first-order valence-electron chi connectivity index (χ1n) is 6.50. The molecule has 19 heavy (non-hydrogen) atoms. The van der Waals surface area contributed by atoms with Crippen LogP contribution >= 0.6 is 22.6 Å². The Balaban J connectivity index is 2.14. The molecule has 2 aromatic rings. The Bertz CT molecular complexity index is 573. The number of nitrogens with one attached hydrogen (secondary N) is 1. The lowest BCUT2D eigenvalue weighted by atomic mass is 10.1. The van der Waals surface area contributed by atoms with E-state index in [0.717, 1.165) is 6.54 Å². The van der Waals surface area contributed by atoms with Crippen molar-refractivity contribution in [3.05, 3.63) is 44.8 Å². The highest BCUT2D eigenvalue weighted by Gasteiger charge is 2.11. The van der Waals surface area contributed by atoms with Gasteiger partial charge in [0.05, 0.1) is 5.69 Å². The maximum absolute atomic E-state index is 4.53. The molecule has 0 fully saturated rings. The van der Waals surface area contributed by atoms with Crippen LogP contribution < -0.4 is 5.32 Å². The van der Waals surface area contributed by atoms with Gasteiger partial charge in [-0.05, 0) is 59.2 Å². The fourth-order valence-electron chi connectivity index (χ4n) is 2.19. The molecule has 1 aromatic heterocycles. The molecule has 0 spiro atoms. The summed E-state index contributed by atoms with van der Waals surface area (Å²) in [5.41, 5.74) is 4.93. The van der Waals surface area contributed by atoms with Gasteiger partial charge in [-0.1, -0.05) is 13.8 Å². The fourth-order valence-corrected chi connectivity index (χ4v) is 2.84. The molecule has 0 amide bonds. The maximum Gasteiger partial charge on any atom is 0.0699 e. The van der Waals surface area contributed by atoms with Crippen molar-refractivity contribution in [1.82, 2.24) is 9.78 Å². The fraction of sp³-hybridized carbons (Fsp3) is 0.400. The molecule has 102 valence electrons. The first-order valence-corrected chi connectivity index (χ1v) is 7.57. The van der Waals surface area contributed by atoms with Crippen molar-refractivity contribution in [3.63, 3.8) is 0 Å². The van der Waals surface area contributed by atoms with Crippen molar-refractivity contribution in [2.24, 2.45) is 7.05 Å². The summed E-state index contributed by atoms with van der Waals surface area (Å²) in [6.45, 7) is 7.32. The summed E-state index contributed by atoms with van der Waals surface area (Å²) in [6, 6.07) is 6.46. The molecule has 0 aliphatic carbocycles. The molecule has 0 atom stereocenters. The molecule has 0 unspecified atom stereocenters. The Morgan fingerprint density at radius 3 is 2.74 bits per heavy atom. The quantitative estimate of drug-likeness (QED) is 0.824. The number of anilines is 1. The van der Waals surface area contributed by atoms with Gasteiger partial charge in [0.2, 0.25) is 0 Å². The summed E-state index contributed by atoms with van der Waals surface area (Å²) in [7, 11) is 1.98. The molecule has 0 saturated carbocycles. The first kappa shape index (κ1) is 14.4. The predicted molar refractivity (Wildman–Crippen MR) is 88.5 cm³/mol. The predicted octanol–water partition coefficient (Wildman–Crippen LogP) is 4.07. The summed E-state index contributed by atoms with van der Waals surface area (Å²) in [4.78, 5) is 0. The minimum absolute atomic E-state index is 0.454. The second-order valence-corrected chi connectivity index (χ2v) is 6.43. The number of aromatic nitrogens is 2. The van der Waals surface area contributed by atoms with E-state index < -0.39 is 0 Å². The lowest BCUT2D eigenvalue weighted by Crippen LogP contribution is -2.03. The van der Waals surface area contributed by atoms with Crippen LogP contribution in [-0.2, 0) is 13.6 Å². The minimum atomic E-state index is 0.454. The van der Waals surface area contributed by atoms with Gasteiger partial charge in [0.1, 0.15) is 0 Å². The lowest BCUT2D eigenvalue weighted by Gasteiger charge is -2.11. The zero-order chi connectivity index (χ0) is 14.0. The van der Waals surface area contributed by atoms with Gasteiger partial charge < -0.3 is 5.32 Å². The van der Waals surface area contributed by atoms with Crippen molar-refractivity contribution in [2.75, 3.05) is 5.32 Å². The van der Waals surface area contributed by atoms with Gasteiger partial charge in [-0.2, -0.15) is 5.10 Å². The van der Waals surface area contributed by atoms with E-state index in [2.05, 4.69) is 78.2 Å². The number of halogens is 1. The number of aryl methyl sites for hydroxylation is 2. The van der Waals surface area contributed by atoms with Gasteiger partial charge in [0, 0.05) is 34.6 Å². The molecule has 0 bridgehead atoms. The van der Waals surface area contributed by atoms with E-state index in [9.17, 15) is 0 Å². The summed E-state index contributed by atoms with van der Waals surface area (Å²) in [5.74, 6) is 0.454. The van der Waals surface area contributed by atoms with E-state index in [1.165, 1.54) is 26.1 Å². The third-order valence-electron chi connectivity index (χ3n) is 3.14. The van der Waals surface area contributed by atoms with Gasteiger partial charge in [-0.3, -0.25) is 4.68 Å². The van der Waals surface area contributed by atoms with E-state index in [1.807, 2.05) is 11.7 Å². The Kier molecular flexibility index (Phi) is 4.50. The normalized spacial score (nSPS) is 11.1. The second-order valence-electron chi connectivity index (χ2n) is 5.18. The van der Waals surface area contributed by atoms with Gasteiger partial charge in [0.25, 0.3) is 0 Å². The van der Waals surface area contributed by atoms with Gasteiger partial charge >= 0.3 is 0 Å². The summed E-state index contributed by atoms with van der Waals surface area (Å²) in [5, 5.41) is 8.04. The molecule has 4 heteroatoms. The van der Waals surface area contributed by atoms with Crippen molar-refractivity contribution in [2.45, 2.75) is 33.2 Å². The van der Waals surface area contributed by atoms with Crippen LogP contribution in [0.4, 0.5) is 5.69 Å². The smallest absolute Gasteiger partial charge is 0.0699 e. The number of benzene rings is 1. The monoisotopic (exact) mass is 369 g/mol. The zero-order valence-electron chi connectivity index (χ0n) is 11.9. The molecule has 1 N–H and O–H groups in total. The van der Waals surface area contributed by atoms with Crippen LogP contribution in [0.1, 0.15) is 36.6 Å². The topological polar surface area (TPSA) is 29.9 Å². The lowest BCUT2D eigenvalue weighted by molar-refractivity contribution is 0.712. The van der Waals surface area contributed by atoms with Gasteiger partial charge in [0.15, 0.2) is 0 Å². The van der Waals surface area contributed by atoms with Crippen molar-refractivity contribution < 1.29 is 0 Å². The number of hydrogen-bond donors (Lipinski definition) is 1. The zero-order valence-corrected chi connectivity index (χ0v) is 14.0. The van der Waals surface area contributed by atoms with E-state index in [0.29, 0.717) is 5.92 Å². The average molecular weight is 369 g/mol. The van der Waals surface area contributed by atoms with E-state index >= 15 is 0 Å². The molecule has 0 radical (unpaired) electrons. The molecular formula is C15H20IN3. The van der Waals surface area contributed by atoms with Crippen molar-refractivity contribution >= 4 is 28.3 Å². The van der Waals surface area contributed by atoms with Crippen LogP contribution in [0.2, 0.25) is 0 Å². The third-order valence-corrected chi connectivity index (χ3v) is 3.81. The van der Waals surface area contributed by atoms with Gasteiger partial charge in [-0.15, -0.1) is 0 Å². The Labute approximate surface area is 128 Å². The highest BCUT2D eigenvalue weighted by Crippen LogP contribution is 2.21. The Hall–Kier alpha value is -1.04. The second kappa shape index (κ2) is 5.94. The minimum Gasteiger partial charge on any atom is -0.381 e. The Morgan fingerprint density at radius 1 is 1.37 bits per heavy atom. The molecular weight excluding hydrogens is 349 g/mol. The van der Waals surface area contributed by atoms with Gasteiger partial charge in [-0.25, -0.2) is 0 Å². The molecule has 2 rings (SSSR count). The number of hydrogen-bond acceptors (Lipinski definition) is 2. The van der Waals surface area contributed by atoms with Crippen molar-refractivity contribution in [1.29, 1.82) is 0 Å². The van der Waals surface area contributed by atoms with E-state index in [-0.39, 0.29) is 0 Å². The molecule has 0 aliphatic heterocycles. The van der Waals surface area contributed by atoms with E-state index in [4.69, 9.17) is 0 Å². The number of rotatable bonds is 4. The maximum atomic E-state index is 4.53. The standard InChI is InChI=1S/C15H20IN3/c1-10(2)15-12(9-19(4)18-15)8-17-14-6-5-13(16)7-11(14)3/h5-7,9-10,17H,8H2,1-4H3. The largest absolute Gasteiger partial charge is 0.381 e. The molecule has 1 heterocycles. The van der Waals surface area contributed by atoms with E-state index in [1.54, 1.807) is 0 Å². The van der Waals surface area contributed by atoms with Crippen LogP contribution in [0.3, 0.4) is 0 Å². The summed E-state index contributed by atoms with van der Waals surface area (Å²) in [6.07, 6.45) is 2.10. The SMILES string of the molecule is Cc1cc(I)ccc1NCc1cn(C)nc1C(C)C. The first-order chi connectivity index (χ1) is 8.97. The third kappa shape index (κ3) is 3.49.